The quantitative estimate of drug-likeness (QED) is 0.609. The molecule has 0 unspecified atom stereocenters. The van der Waals surface area contributed by atoms with Gasteiger partial charge in [0.25, 0.3) is 11.1 Å². The molecule has 25 heavy (non-hydrogen) atoms. The first-order chi connectivity index (χ1) is 11.9. The van der Waals surface area contributed by atoms with Crippen molar-refractivity contribution < 1.29 is 9.53 Å². The Kier molecular flexibility index (Phi) is 4.52. The summed E-state index contributed by atoms with van der Waals surface area (Å²) in [6.07, 6.45) is 7.48. The van der Waals surface area contributed by atoms with Crippen molar-refractivity contribution in [1.29, 1.82) is 0 Å². The van der Waals surface area contributed by atoms with Crippen LogP contribution in [0.2, 0.25) is 0 Å². The molecule has 1 amide bonds. The van der Waals surface area contributed by atoms with Crippen LogP contribution < -0.4 is 4.90 Å². The summed E-state index contributed by atoms with van der Waals surface area (Å²) in [6, 6.07) is 8.43. The van der Waals surface area contributed by atoms with Crippen molar-refractivity contribution in [3.63, 3.8) is 0 Å². The first-order valence-electron chi connectivity index (χ1n) is 8.34. The van der Waals surface area contributed by atoms with Gasteiger partial charge in [0.15, 0.2) is 5.76 Å². The third-order valence-corrected chi connectivity index (χ3v) is 5.05. The summed E-state index contributed by atoms with van der Waals surface area (Å²) >= 11 is 5.04. The van der Waals surface area contributed by atoms with Crippen LogP contribution in [-0.4, -0.2) is 29.6 Å². The topological polar surface area (TPSA) is 32.8 Å². The minimum atomic E-state index is -0.185. The van der Waals surface area contributed by atoms with Gasteiger partial charge >= 0.3 is 0 Å². The summed E-state index contributed by atoms with van der Waals surface area (Å²) < 4.78 is 5.35. The highest BCUT2D eigenvalue weighted by Gasteiger charge is 2.37. The second kappa shape index (κ2) is 6.48. The third-order valence-electron chi connectivity index (χ3n) is 4.74. The first kappa shape index (κ1) is 17.4. The summed E-state index contributed by atoms with van der Waals surface area (Å²) in [7, 11) is 2.08. The van der Waals surface area contributed by atoms with Crippen LogP contribution in [0.4, 0.5) is 5.69 Å². The number of carbonyl (C=O) groups excluding carboxylic acids is 1. The number of thiocarbonyl (C=S) groups is 1. The molecule has 3 rings (SSSR count). The predicted octanol–water partition coefficient (Wildman–Crippen LogP) is 3.90. The number of hydrogen-bond donors (Lipinski definition) is 0. The lowest BCUT2D eigenvalue weighted by molar-refractivity contribution is -0.122. The van der Waals surface area contributed by atoms with E-state index in [0.717, 1.165) is 0 Å². The number of benzene rings is 1. The molecule has 0 atom stereocenters. The average molecular weight is 354 g/mol. The molecule has 4 nitrogen and oxygen atoms in total. The van der Waals surface area contributed by atoms with Gasteiger partial charge in [0.05, 0.1) is 0 Å². The molecule has 2 heterocycles. The fourth-order valence-corrected chi connectivity index (χ4v) is 3.68. The minimum absolute atomic E-state index is 0.0664. The molecular formula is C20H22N2O2S. The van der Waals surface area contributed by atoms with E-state index in [1.807, 2.05) is 19.1 Å². The molecule has 1 aromatic rings. The van der Waals surface area contributed by atoms with E-state index in [1.165, 1.54) is 21.8 Å². The summed E-state index contributed by atoms with van der Waals surface area (Å²) in [4.78, 5) is 15.7. The Hall–Kier alpha value is -2.40. The van der Waals surface area contributed by atoms with E-state index in [2.05, 4.69) is 56.1 Å². The number of hydrogen-bond acceptors (Lipinski definition) is 4. The van der Waals surface area contributed by atoms with E-state index in [1.54, 1.807) is 6.08 Å². The Bertz CT molecular complexity index is 821. The van der Waals surface area contributed by atoms with Gasteiger partial charge in [-0.25, -0.2) is 0 Å². The zero-order chi connectivity index (χ0) is 18.2. The zero-order valence-electron chi connectivity index (χ0n) is 14.9. The fourth-order valence-electron chi connectivity index (χ4n) is 3.38. The van der Waals surface area contributed by atoms with Gasteiger partial charge in [-0.15, -0.1) is 0 Å². The normalized spacial score (nSPS) is 22.4. The van der Waals surface area contributed by atoms with Gasteiger partial charge in [-0.05, 0) is 42.9 Å². The highest BCUT2D eigenvalue weighted by atomic mass is 32.1. The van der Waals surface area contributed by atoms with Gasteiger partial charge in [-0.2, -0.15) is 0 Å². The standard InChI is InChI=1S/C20H22N2O2S/c1-5-22-18(23)16(24-19(22)25)12-8-9-13-17-20(2,3)14-10-6-7-11-15(14)21(17)4/h6-13H,5H2,1-4H3/b9-8+,16-12+,17-13+. The zero-order valence-corrected chi connectivity index (χ0v) is 15.8. The molecule has 1 fully saturated rings. The molecule has 0 saturated carbocycles. The number of rotatable bonds is 3. The van der Waals surface area contributed by atoms with Crippen molar-refractivity contribution in [1.82, 2.24) is 4.90 Å². The smallest absolute Gasteiger partial charge is 0.297 e. The minimum Gasteiger partial charge on any atom is -0.426 e. The molecule has 1 aromatic carbocycles. The second-order valence-corrected chi connectivity index (χ2v) is 6.94. The van der Waals surface area contributed by atoms with E-state index >= 15 is 0 Å². The molecule has 2 aliphatic heterocycles. The van der Waals surface area contributed by atoms with Crippen LogP contribution >= 0.6 is 12.2 Å². The van der Waals surface area contributed by atoms with Crippen molar-refractivity contribution in [2.75, 3.05) is 18.5 Å². The van der Waals surface area contributed by atoms with Crippen LogP contribution in [0.25, 0.3) is 0 Å². The number of fused-ring (bicyclic) bond motifs is 1. The van der Waals surface area contributed by atoms with E-state index in [0.29, 0.717) is 6.54 Å². The number of para-hydroxylation sites is 1. The number of amides is 1. The Morgan fingerprint density at radius 2 is 1.88 bits per heavy atom. The summed E-state index contributed by atoms with van der Waals surface area (Å²) in [5.74, 6) is 0.0827. The van der Waals surface area contributed by atoms with Crippen LogP contribution in [0.1, 0.15) is 26.3 Å². The highest BCUT2D eigenvalue weighted by Crippen LogP contribution is 2.46. The maximum absolute atomic E-state index is 12.1. The molecule has 0 bridgehead atoms. The highest BCUT2D eigenvalue weighted by molar-refractivity contribution is 7.80. The summed E-state index contributed by atoms with van der Waals surface area (Å²) in [5, 5.41) is 0.220. The van der Waals surface area contributed by atoms with Gasteiger partial charge in [-0.3, -0.25) is 9.69 Å². The largest absolute Gasteiger partial charge is 0.426 e. The predicted molar refractivity (Wildman–Crippen MR) is 104 cm³/mol. The van der Waals surface area contributed by atoms with Gasteiger partial charge < -0.3 is 9.64 Å². The van der Waals surface area contributed by atoms with Gasteiger partial charge in [0.1, 0.15) is 0 Å². The maximum atomic E-state index is 12.1. The van der Waals surface area contributed by atoms with Crippen molar-refractivity contribution in [2.45, 2.75) is 26.2 Å². The van der Waals surface area contributed by atoms with Crippen molar-refractivity contribution in [3.05, 3.63) is 65.6 Å². The Morgan fingerprint density at radius 3 is 2.52 bits per heavy atom. The second-order valence-electron chi connectivity index (χ2n) is 6.59. The third kappa shape index (κ3) is 2.89. The van der Waals surface area contributed by atoms with E-state index in [4.69, 9.17) is 17.0 Å². The first-order valence-corrected chi connectivity index (χ1v) is 8.74. The number of carbonyl (C=O) groups is 1. The molecule has 0 radical (unpaired) electrons. The Morgan fingerprint density at radius 1 is 1.20 bits per heavy atom. The van der Waals surface area contributed by atoms with E-state index in [9.17, 15) is 4.79 Å². The lowest BCUT2D eigenvalue weighted by Crippen LogP contribution is -2.27. The van der Waals surface area contributed by atoms with E-state index in [-0.39, 0.29) is 22.3 Å². The number of ether oxygens (including phenoxy) is 1. The molecule has 2 aliphatic rings. The summed E-state index contributed by atoms with van der Waals surface area (Å²) in [6.45, 7) is 6.82. The van der Waals surface area contributed by atoms with E-state index < -0.39 is 0 Å². The lowest BCUT2D eigenvalue weighted by Gasteiger charge is -2.23. The van der Waals surface area contributed by atoms with Crippen molar-refractivity contribution >= 4 is 29.0 Å². The molecule has 1 saturated heterocycles. The molecule has 0 aliphatic carbocycles. The van der Waals surface area contributed by atoms with Crippen LogP contribution in [0.5, 0.6) is 0 Å². The van der Waals surface area contributed by atoms with Gasteiger partial charge in [-0.1, -0.05) is 44.2 Å². The van der Waals surface area contributed by atoms with Crippen LogP contribution in [-0.2, 0) is 14.9 Å². The SMILES string of the molecule is CCN1C(=O)\C(=C/C=C/C=C2/N(C)c3ccccc3C2(C)C)OC1=S. The van der Waals surface area contributed by atoms with Crippen molar-refractivity contribution in [2.24, 2.45) is 0 Å². The maximum Gasteiger partial charge on any atom is 0.297 e. The number of anilines is 1. The average Bonchev–Trinajstić information content (AvgIpc) is 2.96. The van der Waals surface area contributed by atoms with Gasteiger partial charge in [0, 0.05) is 30.4 Å². The van der Waals surface area contributed by atoms with Gasteiger partial charge in [0.2, 0.25) is 0 Å². The molecule has 0 N–H and O–H groups in total. The molecule has 130 valence electrons. The van der Waals surface area contributed by atoms with Crippen LogP contribution in [0, 0.1) is 0 Å². The molecule has 0 aromatic heterocycles. The van der Waals surface area contributed by atoms with Crippen LogP contribution in [0.3, 0.4) is 0 Å². The summed E-state index contributed by atoms with van der Waals surface area (Å²) in [5.41, 5.74) is 3.67. The Labute approximate surface area is 154 Å². The number of likely N-dealkylation sites (N-methyl/N-ethyl adjacent to an activating group) is 2. The number of allylic oxidation sites excluding steroid dienone is 5. The lowest BCUT2D eigenvalue weighted by atomic mass is 9.84. The molecular weight excluding hydrogens is 332 g/mol. The van der Waals surface area contributed by atoms with Crippen molar-refractivity contribution in [3.8, 4) is 0 Å². The molecule has 5 heteroatoms. The number of nitrogens with zero attached hydrogens (tertiary/aromatic N) is 2. The molecule has 0 spiro atoms. The monoisotopic (exact) mass is 354 g/mol. The Balaban J connectivity index is 1.81. The fraction of sp³-hybridized carbons (Fsp3) is 0.300. The van der Waals surface area contributed by atoms with Crippen LogP contribution in [0.15, 0.2) is 60.0 Å².